The molecule has 136 valence electrons. The molecule has 0 radical (unpaired) electrons. The third kappa shape index (κ3) is 3.90. The summed E-state index contributed by atoms with van der Waals surface area (Å²) in [6.45, 7) is 3.23. The van der Waals surface area contributed by atoms with Crippen LogP contribution in [-0.2, 0) is 4.79 Å². The molecule has 4 rings (SSSR count). The molecular weight excluding hydrogens is 334 g/mol. The van der Waals surface area contributed by atoms with E-state index >= 15 is 0 Å². The molecule has 2 aliphatic heterocycles. The van der Waals surface area contributed by atoms with Crippen LogP contribution in [0.2, 0.25) is 0 Å². The molecule has 1 saturated carbocycles. The lowest BCUT2D eigenvalue weighted by molar-refractivity contribution is -0.123. The van der Waals surface area contributed by atoms with Gasteiger partial charge in [0.05, 0.1) is 10.9 Å². The first-order chi connectivity index (χ1) is 12.2. The van der Waals surface area contributed by atoms with Gasteiger partial charge in [-0.2, -0.15) is 0 Å². The van der Waals surface area contributed by atoms with Crippen LogP contribution in [0.5, 0.6) is 0 Å². The second kappa shape index (κ2) is 7.46. The highest BCUT2D eigenvalue weighted by molar-refractivity contribution is 7.12. The number of piperidine rings is 1. The van der Waals surface area contributed by atoms with Gasteiger partial charge in [0.2, 0.25) is 5.91 Å². The highest BCUT2D eigenvalue weighted by Gasteiger charge is 2.32. The van der Waals surface area contributed by atoms with Gasteiger partial charge in [-0.3, -0.25) is 9.59 Å². The molecular formula is C19H27N3O2S. The molecule has 1 aliphatic carbocycles. The van der Waals surface area contributed by atoms with Gasteiger partial charge in [-0.1, -0.05) is 0 Å². The van der Waals surface area contributed by atoms with Crippen molar-refractivity contribution in [3.05, 3.63) is 21.9 Å². The minimum absolute atomic E-state index is 0.0199. The number of hydrogen-bond donors (Lipinski definition) is 2. The zero-order valence-electron chi connectivity index (χ0n) is 14.6. The Balaban J connectivity index is 1.32. The van der Waals surface area contributed by atoms with Crippen molar-refractivity contribution in [2.75, 3.05) is 26.2 Å². The summed E-state index contributed by atoms with van der Waals surface area (Å²) in [5.74, 6) is 1.30. The topological polar surface area (TPSA) is 61.4 Å². The fourth-order valence-corrected chi connectivity index (χ4v) is 5.00. The van der Waals surface area contributed by atoms with Crippen LogP contribution >= 0.6 is 11.3 Å². The molecule has 2 N–H and O–H groups in total. The summed E-state index contributed by atoms with van der Waals surface area (Å²) in [4.78, 5) is 28.1. The Labute approximate surface area is 153 Å². The lowest BCUT2D eigenvalue weighted by Crippen LogP contribution is -2.46. The number of rotatable bonds is 5. The third-order valence-electron chi connectivity index (χ3n) is 5.66. The van der Waals surface area contributed by atoms with Crippen LogP contribution < -0.4 is 10.6 Å². The van der Waals surface area contributed by atoms with Crippen molar-refractivity contribution in [1.29, 1.82) is 0 Å². The first-order valence-corrected chi connectivity index (χ1v) is 10.5. The number of carbonyl (C=O) groups is 2. The number of thiophene rings is 1. The first kappa shape index (κ1) is 17.0. The van der Waals surface area contributed by atoms with Gasteiger partial charge in [-0.05, 0) is 73.9 Å². The molecule has 1 aromatic rings. The van der Waals surface area contributed by atoms with E-state index < -0.39 is 0 Å². The van der Waals surface area contributed by atoms with Crippen molar-refractivity contribution in [1.82, 2.24) is 15.5 Å². The molecule has 25 heavy (non-hydrogen) atoms. The molecule has 5 nitrogen and oxygen atoms in total. The molecule has 0 bridgehead atoms. The van der Waals surface area contributed by atoms with Gasteiger partial charge < -0.3 is 15.5 Å². The second-order valence-electron chi connectivity index (χ2n) is 7.63. The molecule has 2 unspecified atom stereocenters. The molecule has 3 heterocycles. The zero-order valence-corrected chi connectivity index (χ0v) is 15.4. The monoisotopic (exact) mass is 361 g/mol. The SMILES string of the molecule is O=C(NCC1CCCN(C(=O)c2sccc2C2CC2)C1)C1CCCN1. The van der Waals surface area contributed by atoms with Crippen LogP contribution in [0.1, 0.15) is 59.7 Å². The Bertz CT molecular complexity index is 634. The quantitative estimate of drug-likeness (QED) is 0.846. The van der Waals surface area contributed by atoms with Crippen LogP contribution in [0.4, 0.5) is 0 Å². The summed E-state index contributed by atoms with van der Waals surface area (Å²) >= 11 is 1.59. The maximum Gasteiger partial charge on any atom is 0.264 e. The van der Waals surface area contributed by atoms with Gasteiger partial charge in [0.15, 0.2) is 0 Å². The van der Waals surface area contributed by atoms with Gasteiger partial charge in [-0.15, -0.1) is 11.3 Å². The van der Waals surface area contributed by atoms with Gasteiger partial charge in [0.25, 0.3) is 5.91 Å². The van der Waals surface area contributed by atoms with Gasteiger partial charge in [-0.25, -0.2) is 0 Å². The molecule has 2 amide bonds. The van der Waals surface area contributed by atoms with Crippen LogP contribution in [-0.4, -0.2) is 48.9 Å². The number of carbonyl (C=O) groups excluding carboxylic acids is 2. The molecule has 2 saturated heterocycles. The van der Waals surface area contributed by atoms with Crippen LogP contribution in [0.3, 0.4) is 0 Å². The highest BCUT2D eigenvalue weighted by atomic mass is 32.1. The van der Waals surface area contributed by atoms with Gasteiger partial charge in [0.1, 0.15) is 0 Å². The minimum Gasteiger partial charge on any atom is -0.354 e. The summed E-state index contributed by atoms with van der Waals surface area (Å²) < 4.78 is 0. The van der Waals surface area contributed by atoms with Crippen LogP contribution in [0, 0.1) is 5.92 Å². The van der Waals surface area contributed by atoms with E-state index in [1.807, 2.05) is 4.90 Å². The lowest BCUT2D eigenvalue weighted by Gasteiger charge is -2.33. The fourth-order valence-electron chi connectivity index (χ4n) is 4.05. The Morgan fingerprint density at radius 3 is 2.88 bits per heavy atom. The number of hydrogen-bond acceptors (Lipinski definition) is 4. The first-order valence-electron chi connectivity index (χ1n) is 9.60. The van der Waals surface area contributed by atoms with Crippen molar-refractivity contribution in [2.24, 2.45) is 5.92 Å². The van der Waals surface area contributed by atoms with Crippen molar-refractivity contribution < 1.29 is 9.59 Å². The average molecular weight is 362 g/mol. The molecule has 1 aromatic heterocycles. The molecule has 3 aliphatic rings. The Morgan fingerprint density at radius 1 is 1.24 bits per heavy atom. The number of nitrogens with one attached hydrogen (secondary N) is 2. The van der Waals surface area contributed by atoms with E-state index in [0.717, 1.165) is 50.2 Å². The summed E-state index contributed by atoms with van der Waals surface area (Å²) in [5.41, 5.74) is 1.26. The summed E-state index contributed by atoms with van der Waals surface area (Å²) in [5, 5.41) is 8.38. The van der Waals surface area contributed by atoms with Gasteiger partial charge in [0, 0.05) is 19.6 Å². The predicted molar refractivity (Wildman–Crippen MR) is 99.0 cm³/mol. The Kier molecular flexibility index (Phi) is 5.08. The molecule has 0 aromatic carbocycles. The van der Waals surface area contributed by atoms with Crippen molar-refractivity contribution in [3.63, 3.8) is 0 Å². The Hall–Kier alpha value is -1.40. The molecule has 2 atom stereocenters. The van der Waals surface area contributed by atoms with E-state index in [1.54, 1.807) is 11.3 Å². The summed E-state index contributed by atoms with van der Waals surface area (Å²) in [7, 11) is 0. The number of amides is 2. The van der Waals surface area contributed by atoms with E-state index in [0.29, 0.717) is 18.4 Å². The van der Waals surface area contributed by atoms with E-state index in [9.17, 15) is 9.59 Å². The predicted octanol–water partition coefficient (Wildman–Crippen LogP) is 2.35. The van der Waals surface area contributed by atoms with E-state index in [4.69, 9.17) is 0 Å². The van der Waals surface area contributed by atoms with E-state index in [1.165, 1.54) is 18.4 Å². The normalized spacial score (nSPS) is 26.6. The maximum absolute atomic E-state index is 12.9. The number of likely N-dealkylation sites (tertiary alicyclic amines) is 1. The minimum atomic E-state index is -0.0199. The zero-order chi connectivity index (χ0) is 17.2. The fraction of sp³-hybridized carbons (Fsp3) is 0.684. The average Bonchev–Trinajstić information content (AvgIpc) is 3.14. The van der Waals surface area contributed by atoms with Crippen LogP contribution in [0.15, 0.2) is 11.4 Å². The summed E-state index contributed by atoms with van der Waals surface area (Å²) in [6, 6.07) is 2.11. The van der Waals surface area contributed by atoms with Crippen molar-refractivity contribution in [3.8, 4) is 0 Å². The lowest BCUT2D eigenvalue weighted by atomic mass is 9.97. The standard InChI is InChI=1S/C19H27N3O2S/c23-18(16-4-1-8-20-16)21-11-13-3-2-9-22(12-13)19(24)17-15(7-10-25-17)14-5-6-14/h7,10,13-14,16,20H,1-6,8-9,11-12H2,(H,21,23). The third-order valence-corrected chi connectivity index (χ3v) is 6.57. The van der Waals surface area contributed by atoms with Gasteiger partial charge >= 0.3 is 0 Å². The highest BCUT2D eigenvalue weighted by Crippen LogP contribution is 2.43. The smallest absolute Gasteiger partial charge is 0.264 e. The van der Waals surface area contributed by atoms with Crippen molar-refractivity contribution in [2.45, 2.75) is 50.5 Å². The second-order valence-corrected chi connectivity index (χ2v) is 8.55. The summed E-state index contributed by atoms with van der Waals surface area (Å²) in [6.07, 6.45) is 6.57. The van der Waals surface area contributed by atoms with Crippen molar-refractivity contribution >= 4 is 23.2 Å². The largest absolute Gasteiger partial charge is 0.354 e. The molecule has 3 fully saturated rings. The Morgan fingerprint density at radius 2 is 2.12 bits per heavy atom. The molecule has 0 spiro atoms. The van der Waals surface area contributed by atoms with Crippen LogP contribution in [0.25, 0.3) is 0 Å². The van der Waals surface area contributed by atoms with E-state index in [2.05, 4.69) is 22.1 Å². The number of nitrogens with zero attached hydrogens (tertiary/aromatic N) is 1. The van der Waals surface area contributed by atoms with E-state index in [-0.39, 0.29) is 17.9 Å². The maximum atomic E-state index is 12.9. The molecule has 6 heteroatoms.